The van der Waals surface area contributed by atoms with Gasteiger partial charge in [0.1, 0.15) is 5.82 Å². The number of benzene rings is 1. The average molecular weight is 264 g/mol. The van der Waals surface area contributed by atoms with Gasteiger partial charge in [0.05, 0.1) is 9.95 Å². The molecule has 0 unspecified atom stereocenters. The van der Waals surface area contributed by atoms with Crippen LogP contribution < -0.4 is 5.32 Å². The first-order chi connectivity index (χ1) is 8.56. The van der Waals surface area contributed by atoms with Gasteiger partial charge in [-0.2, -0.15) is 0 Å². The van der Waals surface area contributed by atoms with E-state index in [1.54, 1.807) is 31.2 Å². The van der Waals surface area contributed by atoms with Gasteiger partial charge in [-0.15, -0.1) is 0 Å². The second-order valence-corrected chi connectivity index (χ2v) is 4.18. The van der Waals surface area contributed by atoms with Crippen molar-refractivity contribution in [3.8, 4) is 0 Å². The van der Waals surface area contributed by atoms with E-state index in [2.05, 4.69) is 10.3 Å². The zero-order valence-electron chi connectivity index (χ0n) is 9.55. The van der Waals surface area contributed by atoms with Crippen molar-refractivity contribution >= 4 is 28.8 Å². The highest BCUT2D eigenvalue weighted by Gasteiger charge is 2.11. The van der Waals surface area contributed by atoms with Gasteiger partial charge in [-0.1, -0.05) is 17.7 Å². The molecule has 18 heavy (non-hydrogen) atoms. The molecule has 0 bridgehead atoms. The zero-order chi connectivity index (χ0) is 13.1. The smallest absolute Gasteiger partial charge is 0.274 e. The average Bonchev–Trinajstić information content (AvgIpc) is 2.34. The number of aryl methyl sites for hydroxylation is 1. The lowest BCUT2D eigenvalue weighted by Crippen LogP contribution is -1.96. The highest BCUT2D eigenvalue weighted by atomic mass is 35.5. The van der Waals surface area contributed by atoms with Crippen molar-refractivity contribution in [1.29, 1.82) is 0 Å². The van der Waals surface area contributed by atoms with Crippen molar-refractivity contribution in [2.45, 2.75) is 6.92 Å². The Labute approximate surface area is 109 Å². The van der Waals surface area contributed by atoms with Crippen molar-refractivity contribution < 1.29 is 4.92 Å². The number of nitrogens with one attached hydrogen (secondary N) is 1. The number of rotatable bonds is 3. The van der Waals surface area contributed by atoms with Crippen LogP contribution in [0.15, 0.2) is 36.5 Å². The first kappa shape index (κ1) is 12.3. The highest BCUT2D eigenvalue weighted by molar-refractivity contribution is 6.30. The lowest BCUT2D eigenvalue weighted by molar-refractivity contribution is -0.385. The molecule has 0 aliphatic carbocycles. The summed E-state index contributed by atoms with van der Waals surface area (Å²) >= 11 is 5.72. The number of nitro groups is 1. The van der Waals surface area contributed by atoms with Gasteiger partial charge in [-0.3, -0.25) is 10.1 Å². The molecule has 1 heterocycles. The number of pyridine rings is 1. The maximum atomic E-state index is 10.8. The largest absolute Gasteiger partial charge is 0.340 e. The number of hydrogen-bond acceptors (Lipinski definition) is 4. The first-order valence-electron chi connectivity index (χ1n) is 5.20. The maximum Gasteiger partial charge on any atom is 0.274 e. The Morgan fingerprint density at radius 3 is 2.72 bits per heavy atom. The summed E-state index contributed by atoms with van der Waals surface area (Å²) in [6.07, 6.45) is 1.51. The second kappa shape index (κ2) is 5.01. The van der Waals surface area contributed by atoms with Crippen molar-refractivity contribution in [2.24, 2.45) is 0 Å². The van der Waals surface area contributed by atoms with Crippen LogP contribution in [0.2, 0.25) is 5.02 Å². The second-order valence-electron chi connectivity index (χ2n) is 3.75. The Hall–Kier alpha value is -2.14. The van der Waals surface area contributed by atoms with E-state index in [1.807, 2.05) is 0 Å². The number of halogens is 1. The molecule has 5 nitrogen and oxygen atoms in total. The minimum absolute atomic E-state index is 0.0777. The fourth-order valence-electron chi connectivity index (χ4n) is 1.48. The fourth-order valence-corrected chi connectivity index (χ4v) is 1.59. The van der Waals surface area contributed by atoms with Crippen LogP contribution in [0.3, 0.4) is 0 Å². The van der Waals surface area contributed by atoms with Crippen molar-refractivity contribution in [3.63, 3.8) is 0 Å². The minimum atomic E-state index is -0.407. The standard InChI is InChI=1S/C12H10ClN3O2/c1-8-2-4-10(6-11(8)16(17)18)15-12-5-3-9(13)7-14-12/h2-7H,1H3,(H,14,15). The maximum absolute atomic E-state index is 10.8. The van der Waals surface area contributed by atoms with E-state index in [-0.39, 0.29) is 5.69 Å². The number of aromatic nitrogens is 1. The van der Waals surface area contributed by atoms with Gasteiger partial charge in [-0.05, 0) is 25.1 Å². The zero-order valence-corrected chi connectivity index (χ0v) is 10.3. The molecule has 0 radical (unpaired) electrons. The van der Waals surface area contributed by atoms with Gasteiger partial charge in [-0.25, -0.2) is 4.98 Å². The Bertz CT molecular complexity index is 584. The summed E-state index contributed by atoms with van der Waals surface area (Å²) in [6.45, 7) is 1.70. The van der Waals surface area contributed by atoms with E-state index in [0.717, 1.165) is 0 Å². The van der Waals surface area contributed by atoms with Crippen LogP contribution in [0, 0.1) is 17.0 Å². The summed E-state index contributed by atoms with van der Waals surface area (Å²) in [4.78, 5) is 14.5. The molecular weight excluding hydrogens is 254 g/mol. The lowest BCUT2D eigenvalue weighted by Gasteiger charge is -2.06. The van der Waals surface area contributed by atoms with Gasteiger partial charge in [0, 0.05) is 23.5 Å². The van der Waals surface area contributed by atoms with Crippen LogP contribution in [0.1, 0.15) is 5.56 Å². The normalized spacial score (nSPS) is 10.1. The summed E-state index contributed by atoms with van der Waals surface area (Å²) in [5.74, 6) is 0.581. The Balaban J connectivity index is 2.27. The third-order valence-electron chi connectivity index (χ3n) is 2.41. The third-order valence-corrected chi connectivity index (χ3v) is 2.63. The molecule has 0 atom stereocenters. The molecule has 2 aromatic rings. The third kappa shape index (κ3) is 2.75. The van der Waals surface area contributed by atoms with E-state index < -0.39 is 4.92 Å². The molecule has 0 fully saturated rings. The molecule has 0 amide bonds. The topological polar surface area (TPSA) is 68.1 Å². The predicted molar refractivity (Wildman–Crippen MR) is 70.4 cm³/mol. The molecule has 0 spiro atoms. The monoisotopic (exact) mass is 263 g/mol. The van der Waals surface area contributed by atoms with Crippen LogP contribution >= 0.6 is 11.6 Å². The van der Waals surface area contributed by atoms with E-state index >= 15 is 0 Å². The lowest BCUT2D eigenvalue weighted by atomic mass is 10.2. The SMILES string of the molecule is Cc1ccc(Nc2ccc(Cl)cn2)cc1[N+](=O)[O-]. The first-order valence-corrected chi connectivity index (χ1v) is 5.57. The summed E-state index contributed by atoms with van der Waals surface area (Å²) in [5.41, 5.74) is 1.31. The van der Waals surface area contributed by atoms with Crippen molar-refractivity contribution in [3.05, 3.63) is 57.2 Å². The van der Waals surface area contributed by atoms with Crippen LogP contribution in [0.5, 0.6) is 0 Å². The number of nitrogens with zero attached hydrogens (tertiary/aromatic N) is 2. The van der Waals surface area contributed by atoms with Crippen LogP contribution in [0.25, 0.3) is 0 Å². The van der Waals surface area contributed by atoms with Crippen LogP contribution in [-0.4, -0.2) is 9.91 Å². The Kier molecular flexibility index (Phi) is 3.43. The van der Waals surface area contributed by atoms with Gasteiger partial charge < -0.3 is 5.32 Å². The molecule has 6 heteroatoms. The summed E-state index contributed by atoms with van der Waals surface area (Å²) in [5, 5.41) is 14.3. The van der Waals surface area contributed by atoms with Crippen LogP contribution in [-0.2, 0) is 0 Å². The molecule has 0 aliphatic heterocycles. The molecule has 0 aliphatic rings. The Morgan fingerprint density at radius 1 is 1.33 bits per heavy atom. The van der Waals surface area contributed by atoms with Gasteiger partial charge in [0.2, 0.25) is 0 Å². The highest BCUT2D eigenvalue weighted by Crippen LogP contribution is 2.24. The molecule has 1 aromatic carbocycles. The summed E-state index contributed by atoms with van der Waals surface area (Å²) in [7, 11) is 0. The number of nitro benzene ring substituents is 1. The van der Waals surface area contributed by atoms with Crippen LogP contribution in [0.4, 0.5) is 17.2 Å². The molecule has 0 saturated heterocycles. The molecule has 2 rings (SSSR count). The summed E-state index contributed by atoms with van der Waals surface area (Å²) in [6, 6.07) is 8.33. The van der Waals surface area contributed by atoms with Crippen molar-refractivity contribution in [2.75, 3.05) is 5.32 Å². The molecule has 92 valence electrons. The Morgan fingerprint density at radius 2 is 2.11 bits per heavy atom. The van der Waals surface area contributed by atoms with Gasteiger partial charge in [0.15, 0.2) is 0 Å². The van der Waals surface area contributed by atoms with E-state index in [9.17, 15) is 10.1 Å². The van der Waals surface area contributed by atoms with Gasteiger partial charge >= 0.3 is 0 Å². The summed E-state index contributed by atoms with van der Waals surface area (Å²) < 4.78 is 0. The molecular formula is C12H10ClN3O2. The number of anilines is 2. The quantitative estimate of drug-likeness (QED) is 0.677. The molecule has 1 aromatic heterocycles. The fraction of sp³-hybridized carbons (Fsp3) is 0.0833. The predicted octanol–water partition coefficient (Wildman–Crippen LogP) is 3.70. The number of hydrogen-bond donors (Lipinski definition) is 1. The van der Waals surface area contributed by atoms with E-state index in [1.165, 1.54) is 12.3 Å². The molecule has 1 N–H and O–H groups in total. The van der Waals surface area contributed by atoms with Gasteiger partial charge in [0.25, 0.3) is 5.69 Å². The molecule has 0 saturated carbocycles. The van der Waals surface area contributed by atoms with E-state index in [4.69, 9.17) is 11.6 Å². The van der Waals surface area contributed by atoms with E-state index in [0.29, 0.717) is 22.1 Å². The minimum Gasteiger partial charge on any atom is -0.340 e. The van der Waals surface area contributed by atoms with Crippen molar-refractivity contribution in [1.82, 2.24) is 4.98 Å².